The summed E-state index contributed by atoms with van der Waals surface area (Å²) in [6.45, 7) is 4.41. The fourth-order valence-corrected chi connectivity index (χ4v) is 4.83. The van der Waals surface area contributed by atoms with Gasteiger partial charge in [0.1, 0.15) is 35.5 Å². The Morgan fingerprint density at radius 3 is 1.23 bits per heavy atom. The molecular formula is C44H42O8. The van der Waals surface area contributed by atoms with E-state index in [0.717, 1.165) is 22.3 Å². The summed E-state index contributed by atoms with van der Waals surface area (Å²) >= 11 is 0. The van der Waals surface area contributed by atoms with Gasteiger partial charge in [-0.3, -0.25) is 0 Å². The third-order valence-electron chi connectivity index (χ3n) is 7.70. The molecule has 266 valence electrons. The van der Waals surface area contributed by atoms with Crippen molar-refractivity contribution in [2.75, 3.05) is 26.4 Å². The van der Waals surface area contributed by atoms with E-state index in [1.807, 2.05) is 127 Å². The molecule has 0 N–H and O–H groups in total. The molecule has 0 amide bonds. The maximum absolute atomic E-state index is 12.4. The van der Waals surface area contributed by atoms with Crippen molar-refractivity contribution in [3.05, 3.63) is 157 Å². The molecule has 0 spiro atoms. The van der Waals surface area contributed by atoms with Crippen molar-refractivity contribution >= 4 is 11.9 Å². The zero-order valence-corrected chi connectivity index (χ0v) is 29.4. The lowest BCUT2D eigenvalue weighted by Crippen LogP contribution is -2.11. The molecule has 0 unspecified atom stereocenters. The van der Waals surface area contributed by atoms with Crippen LogP contribution in [0.4, 0.5) is 0 Å². The van der Waals surface area contributed by atoms with Gasteiger partial charge in [-0.2, -0.15) is 0 Å². The topological polar surface area (TPSA) is 89.5 Å². The zero-order chi connectivity index (χ0) is 36.4. The summed E-state index contributed by atoms with van der Waals surface area (Å²) in [5.74, 6) is 1.61. The summed E-state index contributed by atoms with van der Waals surface area (Å²) in [5.41, 5.74) is 5.12. The third-order valence-corrected chi connectivity index (χ3v) is 7.70. The first-order valence-electron chi connectivity index (χ1n) is 17.1. The van der Waals surface area contributed by atoms with E-state index in [4.69, 9.17) is 28.4 Å². The standard InChI is InChI=1S/C44H42O8/c1-33(31-51-39-22-18-37(19-23-39)35-12-5-3-6-13-35)43(45)49-28-10-26-47-41-16-9-17-42(30-41)48-27-11-29-50-44(46)34(2)32-52-40-24-20-38(21-25-40)36-14-7-4-8-15-36/h3-9,12-25,30-32H,10-11,26-29H2,1-2H3. The van der Waals surface area contributed by atoms with Crippen LogP contribution in [-0.2, 0) is 19.1 Å². The summed E-state index contributed by atoms with van der Waals surface area (Å²) in [4.78, 5) is 24.7. The van der Waals surface area contributed by atoms with Crippen LogP contribution in [0, 0.1) is 0 Å². The molecule has 0 saturated heterocycles. The molecule has 8 heteroatoms. The second kappa shape index (κ2) is 19.8. The lowest BCUT2D eigenvalue weighted by Gasteiger charge is -2.10. The minimum atomic E-state index is -0.452. The van der Waals surface area contributed by atoms with Crippen LogP contribution in [-0.4, -0.2) is 38.4 Å². The Kier molecular flexibility index (Phi) is 14.1. The molecule has 0 atom stereocenters. The van der Waals surface area contributed by atoms with Gasteiger partial charge in [-0.05, 0) is 72.5 Å². The van der Waals surface area contributed by atoms with E-state index in [2.05, 4.69) is 0 Å². The molecule has 0 saturated carbocycles. The summed E-state index contributed by atoms with van der Waals surface area (Å²) < 4.78 is 33.6. The van der Waals surface area contributed by atoms with E-state index >= 15 is 0 Å². The minimum Gasteiger partial charge on any atom is -0.493 e. The number of hydrogen-bond donors (Lipinski definition) is 0. The first-order valence-corrected chi connectivity index (χ1v) is 17.1. The van der Waals surface area contributed by atoms with Crippen molar-refractivity contribution < 1.29 is 38.0 Å². The Hall–Kier alpha value is -6.28. The Labute approximate surface area is 304 Å². The molecule has 0 bridgehead atoms. The normalized spacial score (nSPS) is 11.3. The van der Waals surface area contributed by atoms with E-state index in [-0.39, 0.29) is 13.2 Å². The summed E-state index contributed by atoms with van der Waals surface area (Å²) in [7, 11) is 0. The maximum atomic E-state index is 12.4. The minimum absolute atomic E-state index is 0.202. The van der Waals surface area contributed by atoms with Crippen LogP contribution < -0.4 is 18.9 Å². The Morgan fingerprint density at radius 1 is 0.442 bits per heavy atom. The van der Waals surface area contributed by atoms with Crippen molar-refractivity contribution in [3.8, 4) is 45.3 Å². The quantitative estimate of drug-likeness (QED) is 0.0387. The van der Waals surface area contributed by atoms with Crippen molar-refractivity contribution in [2.45, 2.75) is 26.7 Å². The van der Waals surface area contributed by atoms with Gasteiger partial charge in [0.2, 0.25) is 0 Å². The Morgan fingerprint density at radius 2 is 0.827 bits per heavy atom. The monoisotopic (exact) mass is 698 g/mol. The van der Waals surface area contributed by atoms with Crippen molar-refractivity contribution in [1.82, 2.24) is 0 Å². The van der Waals surface area contributed by atoms with Crippen LogP contribution in [0.1, 0.15) is 26.7 Å². The molecule has 52 heavy (non-hydrogen) atoms. The van der Waals surface area contributed by atoms with Gasteiger partial charge in [-0.25, -0.2) is 9.59 Å². The van der Waals surface area contributed by atoms with Gasteiger partial charge in [-0.1, -0.05) is 91.0 Å². The van der Waals surface area contributed by atoms with Crippen LogP contribution >= 0.6 is 0 Å². The molecule has 0 aliphatic rings. The van der Waals surface area contributed by atoms with Crippen LogP contribution in [0.5, 0.6) is 23.0 Å². The first-order chi connectivity index (χ1) is 25.4. The predicted molar refractivity (Wildman–Crippen MR) is 201 cm³/mol. The van der Waals surface area contributed by atoms with Crippen LogP contribution in [0.15, 0.2) is 157 Å². The SMILES string of the molecule is CC(=COc1ccc(-c2ccccc2)cc1)C(=O)OCCCOc1cccc(OCCCOC(=O)C(C)=COc2ccc(-c3ccccc3)cc2)c1. The number of carbonyl (C=O) groups is 2. The fourth-order valence-electron chi connectivity index (χ4n) is 4.83. The van der Waals surface area contributed by atoms with Crippen LogP contribution in [0.25, 0.3) is 22.3 Å². The van der Waals surface area contributed by atoms with E-state index in [1.54, 1.807) is 19.9 Å². The van der Waals surface area contributed by atoms with Crippen molar-refractivity contribution in [1.29, 1.82) is 0 Å². The van der Waals surface area contributed by atoms with E-state index in [0.29, 0.717) is 60.2 Å². The number of ether oxygens (including phenoxy) is 6. The third kappa shape index (κ3) is 11.9. The molecule has 5 aromatic carbocycles. The molecule has 0 aromatic heterocycles. The fraction of sp³-hybridized carbons (Fsp3) is 0.182. The van der Waals surface area contributed by atoms with Gasteiger partial charge in [0.25, 0.3) is 0 Å². The molecule has 0 aliphatic carbocycles. The van der Waals surface area contributed by atoms with Gasteiger partial charge >= 0.3 is 11.9 Å². The Balaban J connectivity index is 0.925. The van der Waals surface area contributed by atoms with E-state index < -0.39 is 11.9 Å². The highest BCUT2D eigenvalue weighted by Crippen LogP contribution is 2.24. The maximum Gasteiger partial charge on any atom is 0.336 e. The summed E-state index contributed by atoms with van der Waals surface area (Å²) in [6.07, 6.45) is 3.81. The van der Waals surface area contributed by atoms with Gasteiger partial charge in [0.15, 0.2) is 0 Å². The molecule has 0 fully saturated rings. The highest BCUT2D eigenvalue weighted by molar-refractivity contribution is 5.87. The average Bonchev–Trinajstić information content (AvgIpc) is 3.19. The Bertz CT molecular complexity index is 1780. The number of carbonyl (C=O) groups excluding carboxylic acids is 2. The molecule has 0 radical (unpaired) electrons. The van der Waals surface area contributed by atoms with E-state index in [9.17, 15) is 9.59 Å². The molecular weight excluding hydrogens is 656 g/mol. The second-order valence-electron chi connectivity index (χ2n) is 11.8. The van der Waals surface area contributed by atoms with E-state index in [1.165, 1.54) is 12.5 Å². The van der Waals surface area contributed by atoms with Crippen molar-refractivity contribution in [2.24, 2.45) is 0 Å². The number of esters is 2. The number of rotatable bonds is 18. The van der Waals surface area contributed by atoms with Gasteiger partial charge < -0.3 is 28.4 Å². The average molecular weight is 699 g/mol. The second-order valence-corrected chi connectivity index (χ2v) is 11.8. The summed E-state index contributed by atoms with van der Waals surface area (Å²) in [6, 6.07) is 42.7. The molecule has 0 aliphatic heterocycles. The lowest BCUT2D eigenvalue weighted by atomic mass is 10.1. The highest BCUT2D eigenvalue weighted by atomic mass is 16.5. The smallest absolute Gasteiger partial charge is 0.336 e. The number of benzene rings is 5. The lowest BCUT2D eigenvalue weighted by molar-refractivity contribution is -0.140. The molecule has 0 heterocycles. The van der Waals surface area contributed by atoms with Crippen LogP contribution in [0.3, 0.4) is 0 Å². The van der Waals surface area contributed by atoms with Gasteiger partial charge in [-0.15, -0.1) is 0 Å². The summed E-state index contributed by atoms with van der Waals surface area (Å²) in [5, 5.41) is 0. The highest BCUT2D eigenvalue weighted by Gasteiger charge is 2.09. The number of hydrogen-bond acceptors (Lipinski definition) is 8. The largest absolute Gasteiger partial charge is 0.493 e. The first kappa shape index (κ1) is 37.0. The molecule has 8 nitrogen and oxygen atoms in total. The van der Waals surface area contributed by atoms with Crippen molar-refractivity contribution in [3.63, 3.8) is 0 Å². The zero-order valence-electron chi connectivity index (χ0n) is 29.4. The van der Waals surface area contributed by atoms with Crippen LogP contribution in [0.2, 0.25) is 0 Å². The molecule has 5 rings (SSSR count). The van der Waals surface area contributed by atoms with Gasteiger partial charge in [0.05, 0.1) is 37.6 Å². The van der Waals surface area contributed by atoms with Gasteiger partial charge in [0, 0.05) is 18.9 Å². The predicted octanol–water partition coefficient (Wildman–Crippen LogP) is 9.61. The molecule has 5 aromatic rings.